The fourth-order valence-electron chi connectivity index (χ4n) is 2.09. The second kappa shape index (κ2) is 5.49. The Kier molecular flexibility index (Phi) is 3.99. The van der Waals surface area contributed by atoms with Crippen molar-refractivity contribution in [2.45, 2.75) is 45.4 Å². The second-order valence-corrected chi connectivity index (χ2v) is 5.43. The van der Waals surface area contributed by atoms with Crippen LogP contribution in [0, 0.1) is 0 Å². The number of carbonyl (C=O) groups excluding carboxylic acids is 1. The minimum Gasteiger partial charge on any atom is -0.337 e. The molecule has 0 saturated heterocycles. The van der Waals surface area contributed by atoms with Gasteiger partial charge in [0.2, 0.25) is 0 Å². The van der Waals surface area contributed by atoms with E-state index in [1.54, 1.807) is 0 Å². The second-order valence-electron chi connectivity index (χ2n) is 4.39. The van der Waals surface area contributed by atoms with Gasteiger partial charge in [-0.25, -0.2) is 4.79 Å². The van der Waals surface area contributed by atoms with Crippen LogP contribution in [0.4, 0.5) is 4.79 Å². The highest BCUT2D eigenvalue weighted by Crippen LogP contribution is 2.22. The van der Waals surface area contributed by atoms with Gasteiger partial charge in [0, 0.05) is 17.0 Å². The summed E-state index contributed by atoms with van der Waals surface area (Å²) < 4.78 is 1.27. The zero-order chi connectivity index (χ0) is 12.3. The molecular formula is C12H18N2O2S. The number of carbonyl (C=O) groups is 1. The maximum absolute atomic E-state index is 11.9. The predicted octanol–water partition coefficient (Wildman–Crippen LogP) is 2.15. The summed E-state index contributed by atoms with van der Waals surface area (Å²) in [6, 6.07) is -0.259. The van der Waals surface area contributed by atoms with Gasteiger partial charge in [0.25, 0.3) is 5.56 Å². The Morgan fingerprint density at radius 3 is 2.94 bits per heavy atom. The van der Waals surface area contributed by atoms with Crippen molar-refractivity contribution < 1.29 is 4.79 Å². The Bertz CT molecular complexity index is 462. The number of hydrogen-bond donors (Lipinski definition) is 1. The highest BCUT2D eigenvalue weighted by Gasteiger charge is 2.22. The van der Waals surface area contributed by atoms with Gasteiger partial charge >= 0.3 is 6.03 Å². The average Bonchev–Trinajstić information content (AvgIpc) is 2.88. The molecule has 1 aliphatic rings. The van der Waals surface area contributed by atoms with Crippen molar-refractivity contribution in [2.75, 3.05) is 6.54 Å². The van der Waals surface area contributed by atoms with Crippen LogP contribution in [0.5, 0.6) is 0 Å². The van der Waals surface area contributed by atoms with E-state index in [1.165, 1.54) is 15.5 Å². The third-order valence-corrected chi connectivity index (χ3v) is 4.24. The molecule has 0 fully saturated rings. The van der Waals surface area contributed by atoms with Gasteiger partial charge in [-0.1, -0.05) is 31.3 Å². The first-order valence-electron chi connectivity index (χ1n) is 6.26. The number of rotatable bonds is 4. The lowest BCUT2D eigenvalue weighted by molar-refractivity contribution is 0.243. The van der Waals surface area contributed by atoms with Crippen LogP contribution in [0.2, 0.25) is 0 Å². The SMILES string of the molecule is CCCCCNC(=O)n1sc2c(c1=O)CCC2. The summed E-state index contributed by atoms with van der Waals surface area (Å²) in [4.78, 5) is 24.8. The zero-order valence-corrected chi connectivity index (χ0v) is 10.9. The molecular weight excluding hydrogens is 236 g/mol. The molecule has 0 radical (unpaired) electrons. The summed E-state index contributed by atoms with van der Waals surface area (Å²) in [7, 11) is 0. The fourth-order valence-corrected chi connectivity index (χ4v) is 3.19. The minimum absolute atomic E-state index is 0.101. The van der Waals surface area contributed by atoms with E-state index in [1.807, 2.05) is 0 Å². The van der Waals surface area contributed by atoms with Crippen LogP contribution in [0.1, 0.15) is 43.0 Å². The number of hydrogen-bond acceptors (Lipinski definition) is 3. The highest BCUT2D eigenvalue weighted by molar-refractivity contribution is 7.07. The van der Waals surface area contributed by atoms with Crippen molar-refractivity contribution >= 4 is 17.6 Å². The van der Waals surface area contributed by atoms with Crippen molar-refractivity contribution in [3.63, 3.8) is 0 Å². The lowest BCUT2D eigenvalue weighted by Crippen LogP contribution is -2.34. The van der Waals surface area contributed by atoms with Crippen LogP contribution in [0.25, 0.3) is 0 Å². The Labute approximate surface area is 105 Å². The number of fused-ring (bicyclic) bond motifs is 1. The number of amides is 1. The van der Waals surface area contributed by atoms with E-state index < -0.39 is 0 Å². The van der Waals surface area contributed by atoms with Gasteiger partial charge in [0.05, 0.1) is 0 Å². The Morgan fingerprint density at radius 2 is 2.24 bits per heavy atom. The first kappa shape index (κ1) is 12.4. The molecule has 94 valence electrons. The largest absolute Gasteiger partial charge is 0.338 e. The molecule has 1 aromatic rings. The molecule has 4 nitrogen and oxygen atoms in total. The molecule has 1 aliphatic carbocycles. The molecule has 5 heteroatoms. The molecule has 1 amide bonds. The zero-order valence-electron chi connectivity index (χ0n) is 10.1. The molecule has 0 bridgehead atoms. The Morgan fingerprint density at radius 1 is 1.41 bits per heavy atom. The Hall–Kier alpha value is -1.10. The highest BCUT2D eigenvalue weighted by atomic mass is 32.1. The lowest BCUT2D eigenvalue weighted by atomic mass is 10.2. The van der Waals surface area contributed by atoms with Crippen LogP contribution in [0.3, 0.4) is 0 Å². The predicted molar refractivity (Wildman–Crippen MR) is 68.9 cm³/mol. The molecule has 17 heavy (non-hydrogen) atoms. The van der Waals surface area contributed by atoms with Gasteiger partial charge in [-0.2, -0.15) is 3.96 Å². The van der Waals surface area contributed by atoms with Crippen LogP contribution < -0.4 is 10.9 Å². The molecule has 0 aliphatic heterocycles. The maximum Gasteiger partial charge on any atom is 0.338 e. The maximum atomic E-state index is 11.9. The molecule has 0 aromatic carbocycles. The van der Waals surface area contributed by atoms with E-state index in [2.05, 4.69) is 12.2 Å². The summed E-state index contributed by atoms with van der Waals surface area (Å²) in [5, 5.41) is 2.80. The summed E-state index contributed by atoms with van der Waals surface area (Å²) in [6.45, 7) is 2.78. The summed E-state index contributed by atoms with van der Waals surface area (Å²) in [5.74, 6) is 0. The average molecular weight is 254 g/mol. The van der Waals surface area contributed by atoms with E-state index in [0.717, 1.165) is 49.0 Å². The smallest absolute Gasteiger partial charge is 0.337 e. The van der Waals surface area contributed by atoms with E-state index in [0.29, 0.717) is 6.54 Å². The molecule has 0 unspecified atom stereocenters. The molecule has 0 saturated carbocycles. The van der Waals surface area contributed by atoms with Crippen molar-refractivity contribution in [3.8, 4) is 0 Å². The third-order valence-electron chi connectivity index (χ3n) is 3.05. The number of aromatic nitrogens is 1. The number of unbranched alkanes of at least 4 members (excludes halogenated alkanes) is 2. The standard InChI is InChI=1S/C12H18N2O2S/c1-2-3-4-8-13-12(16)14-11(15)9-6-5-7-10(9)17-14/h2-8H2,1H3,(H,13,16). The molecule has 2 rings (SSSR count). The molecule has 0 atom stereocenters. The first-order chi connectivity index (χ1) is 8.24. The lowest BCUT2D eigenvalue weighted by Gasteiger charge is -2.03. The third kappa shape index (κ3) is 2.60. The van der Waals surface area contributed by atoms with Crippen LogP contribution in [0.15, 0.2) is 4.79 Å². The molecule has 0 spiro atoms. The molecule has 1 heterocycles. The van der Waals surface area contributed by atoms with Gasteiger partial charge in [0.1, 0.15) is 0 Å². The molecule has 1 aromatic heterocycles. The van der Waals surface area contributed by atoms with E-state index in [9.17, 15) is 9.59 Å². The van der Waals surface area contributed by atoms with Crippen molar-refractivity contribution in [1.82, 2.24) is 9.27 Å². The van der Waals surface area contributed by atoms with Gasteiger partial charge in [-0.05, 0) is 25.7 Å². The van der Waals surface area contributed by atoms with Gasteiger partial charge in [-0.15, -0.1) is 0 Å². The van der Waals surface area contributed by atoms with Crippen molar-refractivity contribution in [2.24, 2.45) is 0 Å². The Balaban J connectivity index is 1.98. The quantitative estimate of drug-likeness (QED) is 0.837. The minimum atomic E-state index is -0.259. The van der Waals surface area contributed by atoms with Gasteiger partial charge in [-0.3, -0.25) is 4.79 Å². The topological polar surface area (TPSA) is 51.1 Å². The van der Waals surface area contributed by atoms with Crippen molar-refractivity contribution in [1.29, 1.82) is 0 Å². The van der Waals surface area contributed by atoms with E-state index >= 15 is 0 Å². The summed E-state index contributed by atoms with van der Waals surface area (Å²) in [5.41, 5.74) is 0.759. The van der Waals surface area contributed by atoms with Crippen LogP contribution in [-0.4, -0.2) is 16.5 Å². The number of nitrogens with one attached hydrogen (secondary N) is 1. The van der Waals surface area contributed by atoms with Crippen molar-refractivity contribution in [3.05, 3.63) is 20.8 Å². The molecule has 1 N–H and O–H groups in total. The first-order valence-corrected chi connectivity index (χ1v) is 7.03. The summed E-state index contributed by atoms with van der Waals surface area (Å²) >= 11 is 1.31. The summed E-state index contributed by atoms with van der Waals surface area (Å²) in [6.07, 6.45) is 6.04. The fraction of sp³-hybridized carbons (Fsp3) is 0.667. The van der Waals surface area contributed by atoms with Crippen LogP contribution in [-0.2, 0) is 12.8 Å². The van der Waals surface area contributed by atoms with Crippen LogP contribution >= 0.6 is 11.5 Å². The monoisotopic (exact) mass is 254 g/mol. The normalized spacial score (nSPS) is 13.7. The van der Waals surface area contributed by atoms with E-state index in [-0.39, 0.29) is 11.6 Å². The number of aryl methyl sites for hydroxylation is 1. The van der Waals surface area contributed by atoms with Gasteiger partial charge in [0.15, 0.2) is 0 Å². The number of nitrogens with zero attached hydrogens (tertiary/aromatic N) is 1. The van der Waals surface area contributed by atoms with Gasteiger partial charge < -0.3 is 5.32 Å². The van der Waals surface area contributed by atoms with E-state index in [4.69, 9.17) is 0 Å².